The maximum Gasteiger partial charge on any atom is 0.436 e. The summed E-state index contributed by atoms with van der Waals surface area (Å²) in [4.78, 5) is 13.9. The molecule has 1 aliphatic rings. The first-order valence-corrected chi connectivity index (χ1v) is 8.12. The Bertz CT molecular complexity index is 579. The standard InChI is InChI=1S/C14H19BrF3N3O2/c1-8-6-20(7-9(2)23-8)11(22)4-5-21-10(3)12(15)13(19-21)14(16,17)18/h8-9H,4-7H2,1-3H3/t8-,9+. The highest BCUT2D eigenvalue weighted by molar-refractivity contribution is 9.10. The number of carbonyl (C=O) groups excluding carboxylic acids is 1. The number of aryl methyl sites for hydroxylation is 1. The Morgan fingerprint density at radius 2 is 1.91 bits per heavy atom. The first-order chi connectivity index (χ1) is 10.6. The van der Waals surface area contributed by atoms with Gasteiger partial charge in [0, 0.05) is 19.5 Å². The van der Waals surface area contributed by atoms with Gasteiger partial charge in [0.2, 0.25) is 5.91 Å². The van der Waals surface area contributed by atoms with Crippen LogP contribution in [0.1, 0.15) is 31.7 Å². The van der Waals surface area contributed by atoms with Crippen molar-refractivity contribution >= 4 is 21.8 Å². The van der Waals surface area contributed by atoms with Crippen molar-refractivity contribution in [1.29, 1.82) is 0 Å². The topological polar surface area (TPSA) is 47.4 Å². The second-order valence-corrected chi connectivity index (χ2v) is 6.57. The summed E-state index contributed by atoms with van der Waals surface area (Å²) in [5.41, 5.74) is -0.607. The van der Waals surface area contributed by atoms with Gasteiger partial charge in [0.1, 0.15) is 0 Å². The summed E-state index contributed by atoms with van der Waals surface area (Å²) < 4.78 is 45.2. The molecule has 2 atom stereocenters. The van der Waals surface area contributed by atoms with E-state index < -0.39 is 11.9 Å². The van der Waals surface area contributed by atoms with Crippen LogP contribution in [0.15, 0.2) is 4.47 Å². The normalized spacial score (nSPS) is 22.5. The highest BCUT2D eigenvalue weighted by atomic mass is 79.9. The maximum absolute atomic E-state index is 12.8. The van der Waals surface area contributed by atoms with E-state index in [1.807, 2.05) is 13.8 Å². The second kappa shape index (κ2) is 6.80. The predicted molar refractivity (Wildman–Crippen MR) is 80.9 cm³/mol. The van der Waals surface area contributed by atoms with Crippen molar-refractivity contribution < 1.29 is 22.7 Å². The highest BCUT2D eigenvalue weighted by Crippen LogP contribution is 2.35. The zero-order chi connectivity index (χ0) is 17.4. The van der Waals surface area contributed by atoms with Crippen molar-refractivity contribution in [1.82, 2.24) is 14.7 Å². The zero-order valence-electron chi connectivity index (χ0n) is 13.2. The van der Waals surface area contributed by atoms with Crippen LogP contribution < -0.4 is 0 Å². The average Bonchev–Trinajstić information content (AvgIpc) is 2.71. The van der Waals surface area contributed by atoms with Gasteiger partial charge in [0.05, 0.1) is 28.9 Å². The molecule has 1 saturated heterocycles. The van der Waals surface area contributed by atoms with E-state index in [1.165, 1.54) is 11.6 Å². The van der Waals surface area contributed by atoms with Crippen molar-refractivity contribution in [2.24, 2.45) is 0 Å². The van der Waals surface area contributed by atoms with Crippen LogP contribution in [-0.2, 0) is 22.3 Å². The fourth-order valence-corrected chi connectivity index (χ4v) is 3.17. The SMILES string of the molecule is Cc1c(Br)c(C(F)(F)F)nn1CCC(=O)N1C[C@@H](C)O[C@@H](C)C1. The number of morpholine rings is 1. The van der Waals surface area contributed by atoms with E-state index in [9.17, 15) is 18.0 Å². The Balaban J connectivity index is 2.02. The van der Waals surface area contributed by atoms with Gasteiger partial charge in [-0.15, -0.1) is 0 Å². The van der Waals surface area contributed by atoms with Crippen LogP contribution >= 0.6 is 15.9 Å². The Morgan fingerprint density at radius 1 is 1.35 bits per heavy atom. The number of nitrogens with zero attached hydrogens (tertiary/aromatic N) is 3. The first-order valence-electron chi connectivity index (χ1n) is 7.33. The van der Waals surface area contributed by atoms with E-state index in [0.717, 1.165) is 0 Å². The number of ether oxygens (including phenoxy) is 1. The van der Waals surface area contributed by atoms with E-state index in [4.69, 9.17) is 4.74 Å². The molecule has 0 spiro atoms. The summed E-state index contributed by atoms with van der Waals surface area (Å²) in [5, 5.41) is 3.58. The van der Waals surface area contributed by atoms with Gasteiger partial charge in [-0.05, 0) is 36.7 Å². The zero-order valence-corrected chi connectivity index (χ0v) is 14.7. The molecule has 1 aromatic heterocycles. The quantitative estimate of drug-likeness (QED) is 0.787. The number of hydrogen-bond donors (Lipinski definition) is 0. The fourth-order valence-electron chi connectivity index (χ4n) is 2.66. The third kappa shape index (κ3) is 4.26. The summed E-state index contributed by atoms with van der Waals surface area (Å²) in [6.45, 7) is 6.42. The lowest BCUT2D eigenvalue weighted by molar-refractivity contribution is -0.143. The molecule has 5 nitrogen and oxygen atoms in total. The van der Waals surface area contributed by atoms with E-state index in [-0.39, 0.29) is 35.6 Å². The average molecular weight is 398 g/mol. The lowest BCUT2D eigenvalue weighted by Gasteiger charge is -2.35. The molecule has 0 aliphatic carbocycles. The predicted octanol–water partition coefficient (Wildman–Crippen LogP) is 3.00. The van der Waals surface area contributed by atoms with E-state index in [2.05, 4.69) is 21.0 Å². The number of rotatable bonds is 3. The van der Waals surface area contributed by atoms with Gasteiger partial charge in [0.25, 0.3) is 0 Å². The number of aromatic nitrogens is 2. The summed E-state index contributed by atoms with van der Waals surface area (Å²) >= 11 is 2.92. The smallest absolute Gasteiger partial charge is 0.372 e. The molecule has 9 heteroatoms. The molecule has 0 radical (unpaired) electrons. The van der Waals surface area contributed by atoms with Gasteiger partial charge < -0.3 is 9.64 Å². The molecule has 23 heavy (non-hydrogen) atoms. The number of hydrogen-bond acceptors (Lipinski definition) is 3. The van der Waals surface area contributed by atoms with Gasteiger partial charge in [0.15, 0.2) is 5.69 Å². The number of halogens is 4. The third-order valence-corrected chi connectivity index (χ3v) is 4.66. The lowest BCUT2D eigenvalue weighted by Crippen LogP contribution is -2.48. The van der Waals surface area contributed by atoms with Crippen LogP contribution in [0.25, 0.3) is 0 Å². The Labute approximate surface area is 140 Å². The van der Waals surface area contributed by atoms with Gasteiger partial charge in [-0.3, -0.25) is 9.48 Å². The van der Waals surface area contributed by atoms with Gasteiger partial charge in [-0.1, -0.05) is 0 Å². The molecular weight excluding hydrogens is 379 g/mol. The van der Waals surface area contributed by atoms with Crippen LogP contribution in [0.2, 0.25) is 0 Å². The Kier molecular flexibility index (Phi) is 5.40. The van der Waals surface area contributed by atoms with E-state index in [1.54, 1.807) is 4.90 Å². The first kappa shape index (κ1) is 18.3. The summed E-state index contributed by atoms with van der Waals surface area (Å²) in [6, 6.07) is 0. The molecule has 2 rings (SSSR count). The lowest BCUT2D eigenvalue weighted by atomic mass is 10.2. The fraction of sp³-hybridized carbons (Fsp3) is 0.714. The highest BCUT2D eigenvalue weighted by Gasteiger charge is 2.38. The molecular formula is C14H19BrF3N3O2. The Morgan fingerprint density at radius 3 is 2.39 bits per heavy atom. The number of carbonyl (C=O) groups is 1. The van der Waals surface area contributed by atoms with Crippen molar-refractivity contribution in [3.63, 3.8) is 0 Å². The Hall–Kier alpha value is -1.09. The second-order valence-electron chi connectivity index (χ2n) is 5.77. The summed E-state index contributed by atoms with van der Waals surface area (Å²) in [7, 11) is 0. The monoisotopic (exact) mass is 397 g/mol. The molecule has 1 aromatic rings. The number of amides is 1. The summed E-state index contributed by atoms with van der Waals surface area (Å²) in [5.74, 6) is -0.105. The molecule has 0 saturated carbocycles. The van der Waals surface area contributed by atoms with Crippen molar-refractivity contribution in [3.05, 3.63) is 15.9 Å². The molecule has 1 aliphatic heterocycles. The van der Waals surface area contributed by atoms with Crippen LogP contribution in [-0.4, -0.2) is 45.9 Å². The molecule has 0 N–H and O–H groups in total. The van der Waals surface area contributed by atoms with Gasteiger partial charge >= 0.3 is 6.18 Å². The number of alkyl halides is 3. The third-order valence-electron chi connectivity index (χ3n) is 3.71. The van der Waals surface area contributed by atoms with Gasteiger partial charge in [-0.2, -0.15) is 18.3 Å². The molecule has 130 valence electrons. The molecule has 1 fully saturated rings. The summed E-state index contributed by atoms with van der Waals surface area (Å²) in [6.07, 6.45) is -4.50. The largest absolute Gasteiger partial charge is 0.436 e. The van der Waals surface area contributed by atoms with E-state index >= 15 is 0 Å². The van der Waals surface area contributed by atoms with Crippen LogP contribution in [0, 0.1) is 6.92 Å². The maximum atomic E-state index is 12.8. The molecule has 1 amide bonds. The van der Waals surface area contributed by atoms with Crippen LogP contribution in [0.4, 0.5) is 13.2 Å². The van der Waals surface area contributed by atoms with Crippen molar-refractivity contribution in [2.75, 3.05) is 13.1 Å². The minimum atomic E-state index is -4.52. The molecule has 2 heterocycles. The van der Waals surface area contributed by atoms with Crippen molar-refractivity contribution in [2.45, 2.75) is 52.1 Å². The molecule has 0 aromatic carbocycles. The van der Waals surface area contributed by atoms with Crippen LogP contribution in [0.3, 0.4) is 0 Å². The minimum Gasteiger partial charge on any atom is -0.372 e. The van der Waals surface area contributed by atoms with Crippen molar-refractivity contribution in [3.8, 4) is 0 Å². The minimum absolute atomic E-state index is 0.0416. The molecule has 0 unspecified atom stereocenters. The van der Waals surface area contributed by atoms with Crippen LogP contribution in [0.5, 0.6) is 0 Å². The van der Waals surface area contributed by atoms with Gasteiger partial charge in [-0.25, -0.2) is 0 Å². The molecule has 0 bridgehead atoms. The van der Waals surface area contributed by atoms with E-state index in [0.29, 0.717) is 18.8 Å².